The molecule has 0 unspecified atom stereocenters. The molecule has 0 bridgehead atoms. The number of hydrogen-bond donors (Lipinski definition) is 0. The summed E-state index contributed by atoms with van der Waals surface area (Å²) in [6.45, 7) is 1.80. The number of rotatable bonds is 7. The lowest BCUT2D eigenvalue weighted by atomic mass is 10.1. The minimum Gasteiger partial charge on any atom is -0.497 e. The van der Waals surface area contributed by atoms with Gasteiger partial charge in [-0.15, -0.1) is 0 Å². The summed E-state index contributed by atoms with van der Waals surface area (Å²) < 4.78 is 9.89. The molecular weight excluding hydrogens is 232 g/mol. The van der Waals surface area contributed by atoms with E-state index in [0.717, 1.165) is 12.8 Å². The van der Waals surface area contributed by atoms with Crippen molar-refractivity contribution in [3.8, 4) is 5.75 Å². The zero-order valence-electron chi connectivity index (χ0n) is 10.8. The molecule has 18 heavy (non-hydrogen) atoms. The van der Waals surface area contributed by atoms with Crippen LogP contribution >= 0.6 is 0 Å². The number of ether oxygens (including phenoxy) is 2. The number of carbonyl (C=O) groups is 2. The predicted molar refractivity (Wildman–Crippen MR) is 67.8 cm³/mol. The number of Topliss-reactive ketones (excluding diaryl/α,β-unsaturated/α-hetero) is 1. The molecule has 0 aliphatic carbocycles. The Morgan fingerprint density at radius 3 is 2.39 bits per heavy atom. The summed E-state index contributed by atoms with van der Waals surface area (Å²) in [5, 5.41) is 0. The van der Waals surface area contributed by atoms with E-state index in [0.29, 0.717) is 17.7 Å². The highest BCUT2D eigenvalue weighted by molar-refractivity contribution is 5.98. The number of unbranched alkanes of at least 4 members (excludes halogenated alkanes) is 1. The number of methoxy groups -OCH3 is 1. The highest BCUT2D eigenvalue weighted by Gasteiger charge is 2.09. The van der Waals surface area contributed by atoms with Gasteiger partial charge in [-0.05, 0) is 30.7 Å². The molecule has 0 aromatic heterocycles. The third kappa shape index (κ3) is 4.57. The standard InChI is InChI=1S/C14H18O4/c1-3-4-5-14(16)18-10-13(15)11-6-8-12(17-2)9-7-11/h6-9H,3-5,10H2,1-2H3. The Morgan fingerprint density at radius 2 is 1.83 bits per heavy atom. The molecule has 0 N–H and O–H groups in total. The van der Waals surface area contributed by atoms with Crippen molar-refractivity contribution in [1.82, 2.24) is 0 Å². The summed E-state index contributed by atoms with van der Waals surface area (Å²) in [5.41, 5.74) is 0.513. The van der Waals surface area contributed by atoms with Gasteiger partial charge in [0.25, 0.3) is 0 Å². The van der Waals surface area contributed by atoms with Crippen molar-refractivity contribution in [1.29, 1.82) is 0 Å². The minimum absolute atomic E-state index is 0.200. The quantitative estimate of drug-likeness (QED) is 0.551. The van der Waals surface area contributed by atoms with E-state index in [1.807, 2.05) is 6.92 Å². The van der Waals surface area contributed by atoms with E-state index >= 15 is 0 Å². The molecule has 0 fully saturated rings. The average molecular weight is 250 g/mol. The topological polar surface area (TPSA) is 52.6 Å². The van der Waals surface area contributed by atoms with E-state index in [1.54, 1.807) is 31.4 Å². The third-order valence-corrected chi connectivity index (χ3v) is 2.51. The van der Waals surface area contributed by atoms with Gasteiger partial charge in [-0.3, -0.25) is 9.59 Å². The lowest BCUT2D eigenvalue weighted by Gasteiger charge is -2.04. The second-order valence-corrected chi connectivity index (χ2v) is 3.92. The van der Waals surface area contributed by atoms with Gasteiger partial charge in [0, 0.05) is 12.0 Å². The van der Waals surface area contributed by atoms with Crippen LogP contribution in [0.3, 0.4) is 0 Å². The second kappa shape index (κ2) is 7.48. The molecule has 0 saturated carbocycles. The molecule has 0 saturated heterocycles. The highest BCUT2D eigenvalue weighted by atomic mass is 16.5. The summed E-state index contributed by atoms with van der Waals surface area (Å²) in [5.74, 6) is 0.160. The van der Waals surface area contributed by atoms with Crippen molar-refractivity contribution in [2.45, 2.75) is 26.2 Å². The summed E-state index contributed by atoms with van der Waals surface area (Å²) in [6, 6.07) is 6.71. The van der Waals surface area contributed by atoms with Crippen LogP contribution in [-0.4, -0.2) is 25.5 Å². The van der Waals surface area contributed by atoms with Crippen molar-refractivity contribution in [2.24, 2.45) is 0 Å². The predicted octanol–water partition coefficient (Wildman–Crippen LogP) is 2.61. The Bertz CT molecular complexity index is 395. The van der Waals surface area contributed by atoms with Crippen LogP contribution in [0.1, 0.15) is 36.5 Å². The maximum absolute atomic E-state index is 11.7. The molecule has 0 spiro atoms. The maximum Gasteiger partial charge on any atom is 0.306 e. The number of hydrogen-bond acceptors (Lipinski definition) is 4. The average Bonchev–Trinajstić information content (AvgIpc) is 2.42. The Kier molecular flexibility index (Phi) is 5.91. The summed E-state index contributed by atoms with van der Waals surface area (Å²) >= 11 is 0. The monoisotopic (exact) mass is 250 g/mol. The van der Waals surface area contributed by atoms with Crippen LogP contribution in [0.25, 0.3) is 0 Å². The molecule has 1 aromatic carbocycles. The van der Waals surface area contributed by atoms with Crippen LogP contribution in [0.15, 0.2) is 24.3 Å². The van der Waals surface area contributed by atoms with Gasteiger partial charge in [0.1, 0.15) is 5.75 Å². The molecule has 0 atom stereocenters. The molecular formula is C14H18O4. The van der Waals surface area contributed by atoms with Gasteiger partial charge in [-0.1, -0.05) is 13.3 Å². The molecule has 1 rings (SSSR count). The zero-order valence-corrected chi connectivity index (χ0v) is 10.8. The molecule has 0 aliphatic heterocycles. The van der Waals surface area contributed by atoms with Crippen molar-refractivity contribution < 1.29 is 19.1 Å². The first-order valence-electron chi connectivity index (χ1n) is 6.00. The fourth-order valence-corrected chi connectivity index (χ4v) is 1.40. The summed E-state index contributed by atoms with van der Waals surface area (Å²) in [6.07, 6.45) is 2.09. The van der Waals surface area contributed by atoms with Crippen LogP contribution < -0.4 is 4.74 Å². The van der Waals surface area contributed by atoms with E-state index in [1.165, 1.54) is 0 Å². The molecule has 4 heteroatoms. The number of esters is 1. The van der Waals surface area contributed by atoms with Gasteiger partial charge in [0.2, 0.25) is 0 Å². The molecule has 0 aliphatic rings. The molecule has 0 radical (unpaired) electrons. The number of carbonyl (C=O) groups excluding carboxylic acids is 2. The molecule has 98 valence electrons. The van der Waals surface area contributed by atoms with E-state index in [2.05, 4.69) is 0 Å². The SMILES string of the molecule is CCCCC(=O)OCC(=O)c1ccc(OC)cc1. The molecule has 1 aromatic rings. The Morgan fingerprint density at radius 1 is 1.17 bits per heavy atom. The van der Waals surface area contributed by atoms with Crippen molar-refractivity contribution >= 4 is 11.8 Å². The summed E-state index contributed by atoms with van der Waals surface area (Å²) in [4.78, 5) is 22.9. The van der Waals surface area contributed by atoms with Gasteiger partial charge < -0.3 is 9.47 Å². The number of benzene rings is 1. The van der Waals surface area contributed by atoms with Gasteiger partial charge in [-0.25, -0.2) is 0 Å². The largest absolute Gasteiger partial charge is 0.497 e. The lowest BCUT2D eigenvalue weighted by Crippen LogP contribution is -2.13. The third-order valence-electron chi connectivity index (χ3n) is 2.51. The Balaban J connectivity index is 2.42. The normalized spacial score (nSPS) is 9.89. The maximum atomic E-state index is 11.7. The molecule has 4 nitrogen and oxygen atoms in total. The Labute approximate surface area is 107 Å². The highest BCUT2D eigenvalue weighted by Crippen LogP contribution is 2.11. The van der Waals surface area contributed by atoms with Crippen LogP contribution in [-0.2, 0) is 9.53 Å². The first kappa shape index (κ1) is 14.2. The fraction of sp³-hybridized carbons (Fsp3) is 0.429. The van der Waals surface area contributed by atoms with E-state index in [4.69, 9.17) is 9.47 Å². The van der Waals surface area contributed by atoms with Gasteiger partial charge in [0.05, 0.1) is 7.11 Å². The second-order valence-electron chi connectivity index (χ2n) is 3.92. The van der Waals surface area contributed by atoms with Crippen molar-refractivity contribution in [3.05, 3.63) is 29.8 Å². The first-order valence-corrected chi connectivity index (χ1v) is 6.00. The van der Waals surface area contributed by atoms with Gasteiger partial charge >= 0.3 is 5.97 Å². The van der Waals surface area contributed by atoms with E-state index in [-0.39, 0.29) is 18.4 Å². The molecule has 0 heterocycles. The fourth-order valence-electron chi connectivity index (χ4n) is 1.40. The smallest absolute Gasteiger partial charge is 0.306 e. The first-order chi connectivity index (χ1) is 8.67. The number of ketones is 1. The lowest BCUT2D eigenvalue weighted by molar-refractivity contribution is -0.142. The van der Waals surface area contributed by atoms with Crippen LogP contribution in [0, 0.1) is 0 Å². The van der Waals surface area contributed by atoms with Crippen LogP contribution in [0.2, 0.25) is 0 Å². The zero-order chi connectivity index (χ0) is 13.4. The van der Waals surface area contributed by atoms with Crippen LogP contribution in [0.5, 0.6) is 5.75 Å². The van der Waals surface area contributed by atoms with Crippen molar-refractivity contribution in [2.75, 3.05) is 13.7 Å². The van der Waals surface area contributed by atoms with Crippen molar-refractivity contribution in [3.63, 3.8) is 0 Å². The molecule has 0 amide bonds. The van der Waals surface area contributed by atoms with Crippen LogP contribution in [0.4, 0.5) is 0 Å². The van der Waals surface area contributed by atoms with E-state index < -0.39 is 0 Å². The van der Waals surface area contributed by atoms with Gasteiger partial charge in [0.15, 0.2) is 12.4 Å². The van der Waals surface area contributed by atoms with Gasteiger partial charge in [-0.2, -0.15) is 0 Å². The minimum atomic E-state index is -0.321. The summed E-state index contributed by atoms with van der Waals surface area (Å²) in [7, 11) is 1.56. The van der Waals surface area contributed by atoms with E-state index in [9.17, 15) is 9.59 Å². The Hall–Kier alpha value is -1.84.